The lowest BCUT2D eigenvalue weighted by atomic mass is 9.88. The average molecular weight is 315 g/mol. The van der Waals surface area contributed by atoms with Crippen molar-refractivity contribution in [1.29, 1.82) is 0 Å². The Kier molecular flexibility index (Phi) is 5.44. The SMILES string of the molecule is Clc1nc(C2CCCCC2)ncc1CCCc1ccccc1. The van der Waals surface area contributed by atoms with Crippen LogP contribution in [0.2, 0.25) is 5.15 Å². The van der Waals surface area contributed by atoms with Gasteiger partial charge in [-0.1, -0.05) is 61.2 Å². The van der Waals surface area contributed by atoms with Crippen LogP contribution in [0.1, 0.15) is 61.4 Å². The highest BCUT2D eigenvalue weighted by Crippen LogP contribution is 2.31. The number of hydrogen-bond donors (Lipinski definition) is 0. The van der Waals surface area contributed by atoms with Crippen molar-refractivity contribution in [1.82, 2.24) is 9.97 Å². The van der Waals surface area contributed by atoms with Crippen molar-refractivity contribution >= 4 is 11.6 Å². The Balaban J connectivity index is 1.57. The number of aryl methyl sites for hydroxylation is 2. The standard InChI is InChI=1S/C19H23ClN2/c20-18-17(13-7-10-15-8-3-1-4-9-15)14-21-19(22-18)16-11-5-2-6-12-16/h1,3-4,8-9,14,16H,2,5-7,10-13H2. The van der Waals surface area contributed by atoms with Crippen LogP contribution in [0.3, 0.4) is 0 Å². The van der Waals surface area contributed by atoms with Crippen LogP contribution in [-0.2, 0) is 12.8 Å². The Labute approximate surface area is 138 Å². The number of benzene rings is 1. The maximum atomic E-state index is 6.38. The zero-order valence-corrected chi connectivity index (χ0v) is 13.7. The minimum Gasteiger partial charge on any atom is -0.241 e. The Bertz CT molecular complexity index is 592. The number of hydrogen-bond acceptors (Lipinski definition) is 2. The molecule has 3 rings (SSSR count). The van der Waals surface area contributed by atoms with E-state index >= 15 is 0 Å². The molecule has 116 valence electrons. The van der Waals surface area contributed by atoms with Crippen molar-refractivity contribution in [2.24, 2.45) is 0 Å². The Morgan fingerprint density at radius 3 is 2.50 bits per heavy atom. The zero-order chi connectivity index (χ0) is 15.2. The molecular weight excluding hydrogens is 292 g/mol. The predicted molar refractivity (Wildman–Crippen MR) is 91.3 cm³/mol. The van der Waals surface area contributed by atoms with E-state index in [0.29, 0.717) is 11.1 Å². The highest BCUT2D eigenvalue weighted by molar-refractivity contribution is 6.30. The summed E-state index contributed by atoms with van der Waals surface area (Å²) in [5, 5.41) is 0.656. The van der Waals surface area contributed by atoms with E-state index < -0.39 is 0 Å². The van der Waals surface area contributed by atoms with Gasteiger partial charge in [0.25, 0.3) is 0 Å². The summed E-state index contributed by atoms with van der Waals surface area (Å²) in [6, 6.07) is 10.6. The van der Waals surface area contributed by atoms with E-state index in [-0.39, 0.29) is 0 Å². The van der Waals surface area contributed by atoms with Crippen LogP contribution in [-0.4, -0.2) is 9.97 Å². The molecule has 0 amide bonds. The fourth-order valence-corrected chi connectivity index (χ4v) is 3.48. The molecule has 0 atom stereocenters. The van der Waals surface area contributed by atoms with Crippen molar-refractivity contribution in [3.8, 4) is 0 Å². The first-order valence-corrected chi connectivity index (χ1v) is 8.76. The third-order valence-electron chi connectivity index (χ3n) is 4.56. The minimum atomic E-state index is 0.518. The van der Waals surface area contributed by atoms with Gasteiger partial charge >= 0.3 is 0 Å². The highest BCUT2D eigenvalue weighted by Gasteiger charge is 2.19. The lowest BCUT2D eigenvalue weighted by Crippen LogP contribution is -2.09. The van der Waals surface area contributed by atoms with Gasteiger partial charge in [0.2, 0.25) is 0 Å². The molecule has 0 radical (unpaired) electrons. The molecule has 0 bridgehead atoms. The molecule has 1 aromatic heterocycles. The van der Waals surface area contributed by atoms with E-state index in [1.807, 2.05) is 6.20 Å². The fourth-order valence-electron chi connectivity index (χ4n) is 3.25. The van der Waals surface area contributed by atoms with Gasteiger partial charge in [0.15, 0.2) is 0 Å². The molecule has 0 aliphatic heterocycles. The Hall–Kier alpha value is -1.41. The third-order valence-corrected chi connectivity index (χ3v) is 4.88. The summed E-state index contributed by atoms with van der Waals surface area (Å²) in [6.45, 7) is 0. The number of nitrogens with zero attached hydrogens (tertiary/aromatic N) is 2. The fraction of sp³-hybridized carbons (Fsp3) is 0.474. The van der Waals surface area contributed by atoms with E-state index in [1.54, 1.807) is 0 Å². The van der Waals surface area contributed by atoms with Crippen LogP contribution < -0.4 is 0 Å². The van der Waals surface area contributed by atoms with Crippen LogP contribution >= 0.6 is 11.6 Å². The molecule has 1 aliphatic rings. The average Bonchev–Trinajstić information content (AvgIpc) is 2.58. The van der Waals surface area contributed by atoms with E-state index in [9.17, 15) is 0 Å². The predicted octanol–water partition coefficient (Wildman–Crippen LogP) is 5.35. The molecule has 0 unspecified atom stereocenters. The number of halogens is 1. The van der Waals surface area contributed by atoms with Crippen molar-refractivity contribution in [2.45, 2.75) is 57.3 Å². The Morgan fingerprint density at radius 1 is 1.00 bits per heavy atom. The quantitative estimate of drug-likeness (QED) is 0.695. The monoisotopic (exact) mass is 314 g/mol. The number of rotatable bonds is 5. The van der Waals surface area contributed by atoms with E-state index in [2.05, 4.69) is 40.3 Å². The minimum absolute atomic E-state index is 0.518. The smallest absolute Gasteiger partial charge is 0.135 e. The molecule has 0 saturated heterocycles. The topological polar surface area (TPSA) is 25.8 Å². The first-order chi connectivity index (χ1) is 10.8. The molecule has 22 heavy (non-hydrogen) atoms. The lowest BCUT2D eigenvalue weighted by molar-refractivity contribution is 0.428. The van der Waals surface area contributed by atoms with Crippen LogP contribution in [0.25, 0.3) is 0 Å². The summed E-state index contributed by atoms with van der Waals surface area (Å²) in [5.41, 5.74) is 2.45. The van der Waals surface area contributed by atoms with Gasteiger partial charge < -0.3 is 0 Å². The molecule has 1 saturated carbocycles. The number of aromatic nitrogens is 2. The molecular formula is C19H23ClN2. The van der Waals surface area contributed by atoms with Crippen LogP contribution in [0, 0.1) is 0 Å². The van der Waals surface area contributed by atoms with Gasteiger partial charge in [-0.15, -0.1) is 0 Å². The Morgan fingerprint density at radius 2 is 1.77 bits per heavy atom. The van der Waals surface area contributed by atoms with E-state index in [4.69, 9.17) is 11.6 Å². The molecule has 1 aromatic carbocycles. The van der Waals surface area contributed by atoms with Crippen LogP contribution in [0.15, 0.2) is 36.5 Å². The maximum Gasteiger partial charge on any atom is 0.135 e. The summed E-state index contributed by atoms with van der Waals surface area (Å²) < 4.78 is 0. The summed E-state index contributed by atoms with van der Waals surface area (Å²) in [5.74, 6) is 1.47. The summed E-state index contributed by atoms with van der Waals surface area (Å²) in [7, 11) is 0. The van der Waals surface area contributed by atoms with Gasteiger partial charge in [-0.25, -0.2) is 9.97 Å². The van der Waals surface area contributed by atoms with Crippen molar-refractivity contribution < 1.29 is 0 Å². The largest absolute Gasteiger partial charge is 0.241 e. The molecule has 1 aliphatic carbocycles. The first-order valence-electron chi connectivity index (χ1n) is 8.38. The molecule has 3 heteroatoms. The van der Waals surface area contributed by atoms with Crippen molar-refractivity contribution in [3.05, 3.63) is 58.6 Å². The van der Waals surface area contributed by atoms with Gasteiger partial charge in [0.1, 0.15) is 11.0 Å². The van der Waals surface area contributed by atoms with Gasteiger partial charge in [0.05, 0.1) is 0 Å². The second kappa shape index (κ2) is 7.73. The molecule has 2 aromatic rings. The second-order valence-electron chi connectivity index (χ2n) is 6.22. The van der Waals surface area contributed by atoms with Gasteiger partial charge in [-0.05, 0) is 37.7 Å². The second-order valence-corrected chi connectivity index (χ2v) is 6.58. The lowest BCUT2D eigenvalue weighted by Gasteiger charge is -2.20. The highest BCUT2D eigenvalue weighted by atomic mass is 35.5. The third kappa shape index (κ3) is 4.07. The van der Waals surface area contributed by atoms with Gasteiger partial charge in [-0.3, -0.25) is 0 Å². The normalized spacial score (nSPS) is 15.9. The zero-order valence-electron chi connectivity index (χ0n) is 13.0. The molecule has 0 N–H and O–H groups in total. The van der Waals surface area contributed by atoms with Crippen molar-refractivity contribution in [3.63, 3.8) is 0 Å². The molecule has 1 fully saturated rings. The molecule has 0 spiro atoms. The first kappa shape index (κ1) is 15.5. The molecule has 2 nitrogen and oxygen atoms in total. The van der Waals surface area contributed by atoms with Crippen LogP contribution in [0.4, 0.5) is 0 Å². The van der Waals surface area contributed by atoms with Gasteiger partial charge in [-0.2, -0.15) is 0 Å². The van der Waals surface area contributed by atoms with Crippen molar-refractivity contribution in [2.75, 3.05) is 0 Å². The maximum absolute atomic E-state index is 6.38. The van der Waals surface area contributed by atoms with E-state index in [1.165, 1.54) is 37.7 Å². The van der Waals surface area contributed by atoms with Crippen LogP contribution in [0.5, 0.6) is 0 Å². The van der Waals surface area contributed by atoms with Gasteiger partial charge in [0, 0.05) is 17.7 Å². The summed E-state index contributed by atoms with van der Waals surface area (Å²) >= 11 is 6.38. The summed E-state index contributed by atoms with van der Waals surface area (Å²) in [4.78, 5) is 9.17. The summed E-state index contributed by atoms with van der Waals surface area (Å²) in [6.07, 6.45) is 11.4. The van der Waals surface area contributed by atoms with E-state index in [0.717, 1.165) is 30.7 Å². The molecule has 1 heterocycles.